The van der Waals surface area contributed by atoms with Gasteiger partial charge in [0.2, 0.25) is 5.91 Å². The second kappa shape index (κ2) is 8.54. The Bertz CT molecular complexity index is 1260. The van der Waals surface area contributed by atoms with Crippen molar-refractivity contribution < 1.29 is 9.59 Å². The summed E-state index contributed by atoms with van der Waals surface area (Å²) in [7, 11) is 0. The standard InChI is InChI=1S/C24H21N5O2/c1-3-25-18-8-4-16(5-9-18)23-28-21-13-12-20(14-22(21)29-23)27-24(31)17-6-10-19(11-7-17)26-15(2)30/h3-14,25H,1H2,2H3,(H,26,30)(H,27,31)(H,28,29). The lowest BCUT2D eigenvalue weighted by Crippen LogP contribution is -2.12. The number of anilines is 3. The first-order valence-electron chi connectivity index (χ1n) is 9.68. The molecule has 1 aromatic heterocycles. The van der Waals surface area contributed by atoms with Gasteiger partial charge in [-0.25, -0.2) is 4.98 Å². The predicted octanol–water partition coefficient (Wildman–Crippen LogP) is 5.00. The number of benzene rings is 3. The number of rotatable bonds is 6. The summed E-state index contributed by atoms with van der Waals surface area (Å²) in [4.78, 5) is 31.6. The van der Waals surface area contributed by atoms with E-state index in [0.717, 1.165) is 28.1 Å². The van der Waals surface area contributed by atoms with Crippen molar-refractivity contribution in [2.45, 2.75) is 6.92 Å². The maximum Gasteiger partial charge on any atom is 0.255 e. The number of H-pyrrole nitrogens is 1. The summed E-state index contributed by atoms with van der Waals surface area (Å²) in [5.74, 6) is 0.352. The van der Waals surface area contributed by atoms with Gasteiger partial charge in [-0.2, -0.15) is 0 Å². The third-order valence-electron chi connectivity index (χ3n) is 4.63. The van der Waals surface area contributed by atoms with Crippen LogP contribution in [0.2, 0.25) is 0 Å². The number of amides is 2. The summed E-state index contributed by atoms with van der Waals surface area (Å²) >= 11 is 0. The average molecular weight is 411 g/mol. The molecule has 1 heterocycles. The average Bonchev–Trinajstić information content (AvgIpc) is 3.18. The van der Waals surface area contributed by atoms with Crippen LogP contribution in [0.1, 0.15) is 17.3 Å². The second-order valence-corrected chi connectivity index (χ2v) is 6.96. The Kier molecular flexibility index (Phi) is 5.49. The minimum atomic E-state index is -0.237. The molecule has 0 aliphatic carbocycles. The van der Waals surface area contributed by atoms with E-state index in [4.69, 9.17) is 0 Å². The van der Waals surface area contributed by atoms with Crippen molar-refractivity contribution in [3.8, 4) is 11.4 Å². The summed E-state index contributed by atoms with van der Waals surface area (Å²) in [6.07, 6.45) is 1.63. The molecule has 0 unspecified atom stereocenters. The lowest BCUT2D eigenvalue weighted by atomic mass is 10.2. The molecule has 3 aromatic carbocycles. The lowest BCUT2D eigenvalue weighted by Gasteiger charge is -2.07. The molecule has 0 saturated carbocycles. The number of hydrogen-bond acceptors (Lipinski definition) is 4. The number of hydrogen-bond donors (Lipinski definition) is 4. The van der Waals surface area contributed by atoms with Crippen LogP contribution in [-0.2, 0) is 4.79 Å². The maximum atomic E-state index is 12.6. The summed E-state index contributed by atoms with van der Waals surface area (Å²) in [5, 5.41) is 8.60. The van der Waals surface area contributed by atoms with Crippen molar-refractivity contribution in [3.05, 3.63) is 85.1 Å². The molecule has 0 spiro atoms. The topological polar surface area (TPSA) is 98.9 Å². The zero-order valence-electron chi connectivity index (χ0n) is 16.9. The van der Waals surface area contributed by atoms with Gasteiger partial charge in [0, 0.05) is 35.1 Å². The Labute approximate surface area is 179 Å². The first-order valence-corrected chi connectivity index (χ1v) is 9.68. The van der Waals surface area contributed by atoms with E-state index in [0.29, 0.717) is 16.9 Å². The molecule has 0 atom stereocenters. The van der Waals surface area contributed by atoms with Gasteiger partial charge in [0.15, 0.2) is 0 Å². The molecule has 0 radical (unpaired) electrons. The van der Waals surface area contributed by atoms with Gasteiger partial charge in [-0.1, -0.05) is 6.58 Å². The molecule has 31 heavy (non-hydrogen) atoms. The summed E-state index contributed by atoms with van der Waals surface area (Å²) < 4.78 is 0. The number of nitrogens with one attached hydrogen (secondary N) is 4. The third-order valence-corrected chi connectivity index (χ3v) is 4.63. The first kappa shape index (κ1) is 19.9. The lowest BCUT2D eigenvalue weighted by molar-refractivity contribution is -0.114. The SMILES string of the molecule is C=CNc1ccc(-c2nc3ccc(NC(=O)c4ccc(NC(C)=O)cc4)cc3[nH]2)cc1. The fourth-order valence-corrected chi connectivity index (χ4v) is 3.18. The molecule has 0 saturated heterocycles. The van der Waals surface area contributed by atoms with Gasteiger partial charge in [-0.15, -0.1) is 0 Å². The van der Waals surface area contributed by atoms with Crippen molar-refractivity contribution in [1.29, 1.82) is 0 Å². The zero-order valence-corrected chi connectivity index (χ0v) is 16.9. The second-order valence-electron chi connectivity index (χ2n) is 6.96. The Morgan fingerprint density at radius 2 is 1.58 bits per heavy atom. The zero-order chi connectivity index (χ0) is 21.8. The van der Waals surface area contributed by atoms with E-state index in [1.165, 1.54) is 6.92 Å². The van der Waals surface area contributed by atoms with Crippen LogP contribution in [0.5, 0.6) is 0 Å². The molecular formula is C24H21N5O2. The van der Waals surface area contributed by atoms with E-state index in [-0.39, 0.29) is 11.8 Å². The van der Waals surface area contributed by atoms with Gasteiger partial charge < -0.3 is 20.9 Å². The number of carbonyl (C=O) groups is 2. The number of nitrogens with zero attached hydrogens (tertiary/aromatic N) is 1. The Hall–Kier alpha value is -4.39. The van der Waals surface area contributed by atoms with E-state index >= 15 is 0 Å². The van der Waals surface area contributed by atoms with Crippen LogP contribution in [0.15, 0.2) is 79.5 Å². The molecule has 0 bridgehead atoms. The molecule has 0 aliphatic heterocycles. The molecule has 0 aliphatic rings. The van der Waals surface area contributed by atoms with Crippen LogP contribution >= 0.6 is 0 Å². The molecule has 4 N–H and O–H groups in total. The van der Waals surface area contributed by atoms with Gasteiger partial charge in [-0.3, -0.25) is 9.59 Å². The van der Waals surface area contributed by atoms with E-state index in [1.807, 2.05) is 42.5 Å². The van der Waals surface area contributed by atoms with Crippen molar-refractivity contribution in [2.75, 3.05) is 16.0 Å². The highest BCUT2D eigenvalue weighted by molar-refractivity contribution is 6.05. The molecule has 4 aromatic rings. The summed E-state index contributed by atoms with van der Waals surface area (Å²) in [6.45, 7) is 5.09. The van der Waals surface area contributed by atoms with E-state index in [2.05, 4.69) is 32.5 Å². The molecule has 4 rings (SSSR count). The molecule has 7 nitrogen and oxygen atoms in total. The van der Waals surface area contributed by atoms with Crippen LogP contribution in [0.4, 0.5) is 17.1 Å². The largest absolute Gasteiger partial charge is 0.362 e. The van der Waals surface area contributed by atoms with Gasteiger partial charge in [-0.05, 0) is 72.9 Å². The van der Waals surface area contributed by atoms with Gasteiger partial charge in [0.05, 0.1) is 11.0 Å². The van der Waals surface area contributed by atoms with Gasteiger partial charge in [0.1, 0.15) is 5.82 Å². The van der Waals surface area contributed by atoms with Crippen LogP contribution in [-0.4, -0.2) is 21.8 Å². The van der Waals surface area contributed by atoms with Crippen LogP contribution in [0.3, 0.4) is 0 Å². The highest BCUT2D eigenvalue weighted by Crippen LogP contribution is 2.24. The first-order chi connectivity index (χ1) is 15.0. The Morgan fingerprint density at radius 1 is 0.903 bits per heavy atom. The molecular weight excluding hydrogens is 390 g/mol. The maximum absolute atomic E-state index is 12.6. The fraction of sp³-hybridized carbons (Fsp3) is 0.0417. The van der Waals surface area contributed by atoms with Crippen molar-refractivity contribution in [3.63, 3.8) is 0 Å². The summed E-state index contributed by atoms with van der Waals surface area (Å²) in [6, 6.07) is 20.1. The minimum Gasteiger partial charge on any atom is -0.362 e. The highest BCUT2D eigenvalue weighted by atomic mass is 16.2. The number of aromatic nitrogens is 2. The monoisotopic (exact) mass is 411 g/mol. The molecule has 2 amide bonds. The normalized spacial score (nSPS) is 10.5. The quantitative estimate of drug-likeness (QED) is 0.359. The Balaban J connectivity index is 1.50. The van der Waals surface area contributed by atoms with Crippen molar-refractivity contribution in [1.82, 2.24) is 9.97 Å². The molecule has 154 valence electrons. The Morgan fingerprint density at radius 3 is 2.26 bits per heavy atom. The fourth-order valence-electron chi connectivity index (χ4n) is 3.18. The number of imidazole rings is 1. The highest BCUT2D eigenvalue weighted by Gasteiger charge is 2.10. The number of aromatic amines is 1. The van der Waals surface area contributed by atoms with Crippen LogP contribution < -0.4 is 16.0 Å². The van der Waals surface area contributed by atoms with Crippen molar-refractivity contribution >= 4 is 39.9 Å². The predicted molar refractivity (Wildman–Crippen MR) is 124 cm³/mol. The van der Waals surface area contributed by atoms with Gasteiger partial charge >= 0.3 is 0 Å². The van der Waals surface area contributed by atoms with Crippen LogP contribution in [0.25, 0.3) is 22.4 Å². The van der Waals surface area contributed by atoms with E-state index in [9.17, 15) is 9.59 Å². The number of carbonyl (C=O) groups excluding carboxylic acids is 2. The van der Waals surface area contributed by atoms with E-state index < -0.39 is 0 Å². The molecule has 7 heteroatoms. The summed E-state index contributed by atoms with van der Waals surface area (Å²) in [5.41, 5.74) is 5.32. The smallest absolute Gasteiger partial charge is 0.255 e. The van der Waals surface area contributed by atoms with E-state index in [1.54, 1.807) is 30.5 Å². The van der Waals surface area contributed by atoms with Gasteiger partial charge in [0.25, 0.3) is 5.91 Å². The minimum absolute atomic E-state index is 0.159. The van der Waals surface area contributed by atoms with Crippen molar-refractivity contribution in [2.24, 2.45) is 0 Å². The molecule has 0 fully saturated rings. The number of fused-ring (bicyclic) bond motifs is 1. The van der Waals surface area contributed by atoms with Crippen LogP contribution in [0, 0.1) is 0 Å². The third kappa shape index (κ3) is 4.62.